The summed E-state index contributed by atoms with van der Waals surface area (Å²) in [6.45, 7) is 0.155. The van der Waals surface area contributed by atoms with Crippen LogP contribution in [0.5, 0.6) is 0 Å². The van der Waals surface area contributed by atoms with Crippen LogP contribution in [-0.2, 0) is 11.3 Å². The first-order chi connectivity index (χ1) is 13.2. The number of anilines is 1. The molecule has 3 N–H and O–H groups in total. The summed E-state index contributed by atoms with van der Waals surface area (Å²) in [5, 5.41) is 9.82. The van der Waals surface area contributed by atoms with Crippen LogP contribution in [-0.4, -0.2) is 70.5 Å². The minimum Gasteiger partial charge on any atom is -0.391 e. The molecule has 0 saturated carbocycles. The summed E-state index contributed by atoms with van der Waals surface area (Å²) in [6.07, 6.45) is -6.38. The van der Waals surface area contributed by atoms with Crippen LogP contribution < -0.4 is 10.6 Å². The lowest BCUT2D eigenvalue weighted by molar-refractivity contribution is -0.142. The number of aliphatic hydroxyl groups excluding tert-OH is 1. The molecule has 0 aliphatic carbocycles. The van der Waals surface area contributed by atoms with Crippen LogP contribution in [0.1, 0.15) is 6.42 Å². The predicted molar refractivity (Wildman–Crippen MR) is 94.2 cm³/mol. The lowest BCUT2D eigenvalue weighted by Crippen LogP contribution is -2.52. The summed E-state index contributed by atoms with van der Waals surface area (Å²) in [7, 11) is 0.949. The number of aromatic nitrogens is 2. The van der Waals surface area contributed by atoms with E-state index in [1.165, 1.54) is 22.8 Å². The van der Waals surface area contributed by atoms with E-state index in [9.17, 15) is 27.5 Å². The maximum absolute atomic E-state index is 13.6. The molecule has 11 heteroatoms. The van der Waals surface area contributed by atoms with Crippen LogP contribution >= 0.6 is 0 Å². The molecule has 1 aliphatic rings. The van der Waals surface area contributed by atoms with Crippen LogP contribution in [0, 0.1) is 5.82 Å². The minimum absolute atomic E-state index is 0.236. The van der Waals surface area contributed by atoms with Crippen LogP contribution in [0.4, 0.5) is 23.5 Å². The standard InChI is InChI=1S/C17H21F4N5O2/c1-24(16(21)15(19)20)14(28)8-26-12-3-2-9(18)6-11(12)23-17(26)25-5-4-13(27)10(22)7-25/h2-3,6,10,13,15-16,27H,4-5,7-8,22H2,1H3/t10-,13?,16?/m1/s1. The second-order valence-corrected chi connectivity index (χ2v) is 6.81. The third-order valence-electron chi connectivity index (χ3n) is 4.86. The third-order valence-corrected chi connectivity index (χ3v) is 4.86. The second-order valence-electron chi connectivity index (χ2n) is 6.81. The molecule has 1 aliphatic heterocycles. The van der Waals surface area contributed by atoms with E-state index in [2.05, 4.69) is 4.98 Å². The topological polar surface area (TPSA) is 87.6 Å². The van der Waals surface area contributed by atoms with E-state index in [4.69, 9.17) is 5.73 Å². The molecule has 7 nitrogen and oxygen atoms in total. The third kappa shape index (κ3) is 3.90. The van der Waals surface area contributed by atoms with Gasteiger partial charge in [0.1, 0.15) is 12.4 Å². The van der Waals surface area contributed by atoms with Crippen molar-refractivity contribution < 1.29 is 27.5 Å². The van der Waals surface area contributed by atoms with Gasteiger partial charge in [-0.3, -0.25) is 4.79 Å². The molecule has 2 heterocycles. The Morgan fingerprint density at radius 3 is 2.79 bits per heavy atom. The number of imidazole rings is 1. The number of halogens is 4. The van der Waals surface area contributed by atoms with Crippen LogP contribution in [0.15, 0.2) is 18.2 Å². The highest BCUT2D eigenvalue weighted by molar-refractivity contribution is 5.83. The van der Waals surface area contributed by atoms with Crippen molar-refractivity contribution in [1.82, 2.24) is 14.5 Å². The van der Waals surface area contributed by atoms with Gasteiger partial charge in [-0.25, -0.2) is 22.5 Å². The Bertz CT molecular complexity index is 861. The molecule has 2 aromatic rings. The summed E-state index contributed by atoms with van der Waals surface area (Å²) in [5.74, 6) is -1.14. The smallest absolute Gasteiger partial charge is 0.287 e. The molecule has 1 aromatic heterocycles. The van der Waals surface area contributed by atoms with Gasteiger partial charge in [0.2, 0.25) is 18.2 Å². The fourth-order valence-electron chi connectivity index (χ4n) is 3.19. The summed E-state index contributed by atoms with van der Waals surface area (Å²) in [4.78, 5) is 18.8. The number of fused-ring (bicyclic) bond motifs is 1. The molecule has 0 spiro atoms. The maximum atomic E-state index is 13.6. The van der Waals surface area contributed by atoms with Crippen molar-refractivity contribution in [3.63, 3.8) is 0 Å². The lowest BCUT2D eigenvalue weighted by atomic mass is 10.0. The molecule has 1 saturated heterocycles. The predicted octanol–water partition coefficient (Wildman–Crippen LogP) is 1.09. The highest BCUT2D eigenvalue weighted by atomic mass is 19.3. The number of hydrogen-bond acceptors (Lipinski definition) is 5. The van der Waals surface area contributed by atoms with E-state index in [0.29, 0.717) is 23.4 Å². The lowest BCUT2D eigenvalue weighted by Gasteiger charge is -2.35. The van der Waals surface area contributed by atoms with Crippen molar-refractivity contribution in [2.75, 3.05) is 25.0 Å². The first kappa shape index (κ1) is 20.3. The Balaban J connectivity index is 1.96. The van der Waals surface area contributed by atoms with Gasteiger partial charge in [0.05, 0.1) is 17.1 Å². The Labute approximate surface area is 158 Å². The van der Waals surface area contributed by atoms with Crippen molar-refractivity contribution in [2.24, 2.45) is 5.73 Å². The summed E-state index contributed by atoms with van der Waals surface area (Å²) in [5.41, 5.74) is 6.55. The van der Waals surface area contributed by atoms with E-state index >= 15 is 0 Å². The Morgan fingerprint density at radius 2 is 2.14 bits per heavy atom. The number of alkyl halides is 3. The molecule has 28 heavy (non-hydrogen) atoms. The monoisotopic (exact) mass is 403 g/mol. The molecular formula is C17H21F4N5O2. The number of benzene rings is 1. The number of nitrogens with zero attached hydrogens (tertiary/aromatic N) is 4. The van der Waals surface area contributed by atoms with Crippen LogP contribution in [0.2, 0.25) is 0 Å². The van der Waals surface area contributed by atoms with E-state index < -0.39 is 43.1 Å². The van der Waals surface area contributed by atoms with Gasteiger partial charge in [0, 0.05) is 32.2 Å². The molecule has 1 fully saturated rings. The molecule has 0 bridgehead atoms. The summed E-state index contributed by atoms with van der Waals surface area (Å²) < 4.78 is 53.7. The number of amides is 1. The van der Waals surface area contributed by atoms with Crippen molar-refractivity contribution in [3.05, 3.63) is 24.0 Å². The highest BCUT2D eigenvalue weighted by Gasteiger charge is 2.31. The van der Waals surface area contributed by atoms with E-state index in [1.807, 2.05) is 0 Å². The Hall–Kier alpha value is -2.40. The number of hydrogen-bond donors (Lipinski definition) is 2. The van der Waals surface area contributed by atoms with Crippen molar-refractivity contribution in [3.8, 4) is 0 Å². The van der Waals surface area contributed by atoms with Gasteiger partial charge in [0.25, 0.3) is 6.43 Å². The fourth-order valence-corrected chi connectivity index (χ4v) is 3.19. The molecule has 3 rings (SSSR count). The van der Waals surface area contributed by atoms with Gasteiger partial charge in [0.15, 0.2) is 0 Å². The number of likely N-dealkylation sites (N-methyl/N-ethyl adjacent to an activating group) is 1. The molecule has 0 radical (unpaired) electrons. The summed E-state index contributed by atoms with van der Waals surface area (Å²) >= 11 is 0. The zero-order valence-electron chi connectivity index (χ0n) is 15.1. The first-order valence-electron chi connectivity index (χ1n) is 8.71. The van der Waals surface area contributed by atoms with Gasteiger partial charge in [-0.05, 0) is 18.6 Å². The fraction of sp³-hybridized carbons (Fsp3) is 0.529. The zero-order valence-corrected chi connectivity index (χ0v) is 15.1. The number of piperidine rings is 1. The SMILES string of the molecule is CN(C(=O)Cn1c(N2CCC(O)[C@H](N)C2)nc2cc(F)ccc21)C(F)C(F)F. The molecular weight excluding hydrogens is 382 g/mol. The Kier molecular flexibility index (Phi) is 5.75. The van der Waals surface area contributed by atoms with Gasteiger partial charge >= 0.3 is 0 Å². The summed E-state index contributed by atoms with van der Waals surface area (Å²) in [6, 6.07) is 3.22. The number of carbonyl (C=O) groups is 1. The van der Waals surface area contributed by atoms with Crippen LogP contribution in [0.25, 0.3) is 11.0 Å². The maximum Gasteiger partial charge on any atom is 0.287 e. The van der Waals surface area contributed by atoms with E-state index in [0.717, 1.165) is 7.05 Å². The van der Waals surface area contributed by atoms with Crippen molar-refractivity contribution >= 4 is 22.9 Å². The van der Waals surface area contributed by atoms with Gasteiger partial charge in [-0.2, -0.15) is 0 Å². The average molecular weight is 403 g/mol. The quantitative estimate of drug-likeness (QED) is 0.577. The zero-order chi connectivity index (χ0) is 20.6. The van der Waals surface area contributed by atoms with Gasteiger partial charge in [-0.1, -0.05) is 0 Å². The van der Waals surface area contributed by atoms with Gasteiger partial charge < -0.3 is 25.2 Å². The number of rotatable bonds is 5. The molecule has 1 aromatic carbocycles. The van der Waals surface area contributed by atoms with Crippen LogP contribution in [0.3, 0.4) is 0 Å². The first-order valence-corrected chi connectivity index (χ1v) is 8.71. The number of aliphatic hydroxyl groups is 1. The Morgan fingerprint density at radius 1 is 1.43 bits per heavy atom. The minimum atomic E-state index is -3.33. The van der Waals surface area contributed by atoms with Crippen molar-refractivity contribution in [2.45, 2.75) is 37.8 Å². The molecule has 2 unspecified atom stereocenters. The normalized spacial score (nSPS) is 21.4. The number of nitrogens with two attached hydrogens (primary N) is 1. The second kappa shape index (κ2) is 7.92. The van der Waals surface area contributed by atoms with Crippen molar-refractivity contribution in [1.29, 1.82) is 0 Å². The highest BCUT2D eigenvalue weighted by Crippen LogP contribution is 2.26. The molecule has 154 valence electrons. The largest absolute Gasteiger partial charge is 0.391 e. The number of carbonyl (C=O) groups excluding carboxylic acids is 1. The van der Waals surface area contributed by atoms with E-state index in [1.54, 1.807) is 4.90 Å². The molecule has 3 atom stereocenters. The van der Waals surface area contributed by atoms with E-state index in [-0.39, 0.29) is 18.0 Å². The molecule has 1 amide bonds. The average Bonchev–Trinajstić information content (AvgIpc) is 2.99. The van der Waals surface area contributed by atoms with Gasteiger partial charge in [-0.15, -0.1) is 0 Å².